The van der Waals surface area contributed by atoms with Gasteiger partial charge in [0.15, 0.2) is 0 Å². The Hall–Kier alpha value is 0.310. The molecule has 2 rings (SSSR count). The molecule has 1 nitrogen and oxygen atoms in total. The first kappa shape index (κ1) is 11.8. The largest absolute Gasteiger partial charge is 0.297 e. The minimum absolute atomic E-state index is 0.334. The highest BCUT2D eigenvalue weighted by Crippen LogP contribution is 2.52. The van der Waals surface area contributed by atoms with Crippen molar-refractivity contribution in [1.29, 1.82) is 0 Å². The van der Waals surface area contributed by atoms with Gasteiger partial charge in [0.25, 0.3) is 0 Å². The molecular weight excluding hydrogens is 202 g/mol. The molecule has 1 aliphatic heterocycles. The fourth-order valence-electron chi connectivity index (χ4n) is 3.22. The van der Waals surface area contributed by atoms with Gasteiger partial charge in [0.2, 0.25) is 0 Å². The second kappa shape index (κ2) is 3.40. The lowest BCUT2D eigenvalue weighted by Gasteiger charge is -2.47. The van der Waals surface area contributed by atoms with E-state index in [2.05, 4.69) is 51.7 Å². The standard InChI is InChI=1S/C13H25NS/c1-10-8-11(2,3)6-7-13(10)14-12(4,5)9-15-13/h10,14H,6-9H2,1-5H3. The maximum atomic E-state index is 3.90. The van der Waals surface area contributed by atoms with E-state index in [1.54, 1.807) is 0 Å². The van der Waals surface area contributed by atoms with Gasteiger partial charge in [-0.25, -0.2) is 0 Å². The molecule has 0 aromatic carbocycles. The van der Waals surface area contributed by atoms with Gasteiger partial charge >= 0.3 is 0 Å². The summed E-state index contributed by atoms with van der Waals surface area (Å²) in [5, 5.41) is 3.90. The average Bonchev–Trinajstić information content (AvgIpc) is 2.37. The third kappa shape index (κ3) is 2.21. The molecule has 0 amide bonds. The van der Waals surface area contributed by atoms with E-state index in [-0.39, 0.29) is 0 Å². The van der Waals surface area contributed by atoms with Gasteiger partial charge in [0.05, 0.1) is 4.87 Å². The molecule has 2 heteroatoms. The van der Waals surface area contributed by atoms with Crippen LogP contribution in [0.15, 0.2) is 0 Å². The van der Waals surface area contributed by atoms with E-state index >= 15 is 0 Å². The van der Waals surface area contributed by atoms with Crippen molar-refractivity contribution in [2.45, 2.75) is 64.3 Å². The molecule has 0 aromatic rings. The molecule has 0 radical (unpaired) electrons. The Kier molecular flexibility index (Phi) is 2.67. The van der Waals surface area contributed by atoms with Crippen LogP contribution in [0.3, 0.4) is 0 Å². The lowest BCUT2D eigenvalue weighted by molar-refractivity contribution is 0.121. The molecule has 1 aliphatic carbocycles. The number of rotatable bonds is 0. The molecule has 88 valence electrons. The first-order chi connectivity index (χ1) is 6.75. The summed E-state index contributed by atoms with van der Waals surface area (Å²) in [7, 11) is 0. The number of hydrogen-bond acceptors (Lipinski definition) is 2. The van der Waals surface area contributed by atoms with Crippen LogP contribution in [0.2, 0.25) is 0 Å². The highest BCUT2D eigenvalue weighted by atomic mass is 32.2. The van der Waals surface area contributed by atoms with E-state index in [1.165, 1.54) is 25.0 Å². The van der Waals surface area contributed by atoms with Crippen molar-refractivity contribution in [3.05, 3.63) is 0 Å². The normalized spacial score (nSPS) is 43.4. The van der Waals surface area contributed by atoms with Crippen LogP contribution in [-0.2, 0) is 0 Å². The Morgan fingerprint density at radius 3 is 2.27 bits per heavy atom. The zero-order valence-electron chi connectivity index (χ0n) is 10.8. The first-order valence-corrected chi connectivity index (χ1v) is 7.17. The van der Waals surface area contributed by atoms with Crippen LogP contribution in [0.4, 0.5) is 0 Å². The maximum Gasteiger partial charge on any atom is 0.0676 e. The van der Waals surface area contributed by atoms with E-state index < -0.39 is 0 Å². The predicted octanol–water partition coefficient (Wildman–Crippen LogP) is 3.64. The fourth-order valence-corrected chi connectivity index (χ4v) is 4.87. The summed E-state index contributed by atoms with van der Waals surface area (Å²) >= 11 is 2.17. The second-order valence-electron chi connectivity index (χ2n) is 6.96. The van der Waals surface area contributed by atoms with Crippen molar-refractivity contribution < 1.29 is 0 Å². The van der Waals surface area contributed by atoms with Crippen molar-refractivity contribution in [3.8, 4) is 0 Å². The zero-order chi connectivity index (χ0) is 11.3. The molecule has 1 heterocycles. The molecule has 2 unspecified atom stereocenters. The van der Waals surface area contributed by atoms with Gasteiger partial charge in [-0.1, -0.05) is 20.8 Å². The van der Waals surface area contributed by atoms with Crippen LogP contribution in [0.5, 0.6) is 0 Å². The minimum Gasteiger partial charge on any atom is -0.297 e. The summed E-state index contributed by atoms with van der Waals surface area (Å²) in [5.41, 5.74) is 0.889. The molecule has 2 aliphatic rings. The fraction of sp³-hybridized carbons (Fsp3) is 1.00. The van der Waals surface area contributed by atoms with Gasteiger partial charge in [-0.05, 0) is 44.4 Å². The molecule has 0 bridgehead atoms. The molecule has 2 fully saturated rings. The van der Waals surface area contributed by atoms with Crippen LogP contribution >= 0.6 is 11.8 Å². The third-order valence-corrected chi connectivity index (χ3v) is 6.16. The van der Waals surface area contributed by atoms with Gasteiger partial charge < -0.3 is 0 Å². The highest BCUT2D eigenvalue weighted by molar-refractivity contribution is 8.01. The van der Waals surface area contributed by atoms with Crippen LogP contribution in [0, 0.1) is 11.3 Å². The van der Waals surface area contributed by atoms with E-state index in [0.29, 0.717) is 15.8 Å². The van der Waals surface area contributed by atoms with Crippen molar-refractivity contribution in [2.75, 3.05) is 5.75 Å². The van der Waals surface area contributed by atoms with Crippen molar-refractivity contribution in [1.82, 2.24) is 5.32 Å². The van der Waals surface area contributed by atoms with Crippen molar-refractivity contribution in [2.24, 2.45) is 11.3 Å². The smallest absolute Gasteiger partial charge is 0.0676 e. The predicted molar refractivity (Wildman–Crippen MR) is 69.2 cm³/mol. The lowest BCUT2D eigenvalue weighted by atomic mass is 9.70. The summed E-state index contributed by atoms with van der Waals surface area (Å²) in [6.45, 7) is 11.9. The van der Waals surface area contributed by atoms with E-state index in [4.69, 9.17) is 0 Å². The summed E-state index contributed by atoms with van der Waals surface area (Å²) < 4.78 is 0. The Balaban J connectivity index is 2.12. The first-order valence-electron chi connectivity index (χ1n) is 6.18. The maximum absolute atomic E-state index is 3.90. The van der Waals surface area contributed by atoms with E-state index in [9.17, 15) is 0 Å². The van der Waals surface area contributed by atoms with Crippen LogP contribution in [-0.4, -0.2) is 16.2 Å². The Morgan fingerprint density at radius 2 is 1.80 bits per heavy atom. The van der Waals surface area contributed by atoms with Crippen molar-refractivity contribution in [3.63, 3.8) is 0 Å². The molecule has 1 saturated carbocycles. The topological polar surface area (TPSA) is 12.0 Å². The van der Waals surface area contributed by atoms with Gasteiger partial charge in [-0.3, -0.25) is 5.32 Å². The SMILES string of the molecule is CC1CC(C)(C)CCC12NC(C)(C)CS2. The molecule has 15 heavy (non-hydrogen) atoms. The molecule has 2 atom stereocenters. The Labute approximate surface area is 98.8 Å². The molecule has 0 aromatic heterocycles. The third-order valence-electron chi connectivity index (χ3n) is 4.07. The van der Waals surface area contributed by atoms with E-state index in [0.717, 1.165) is 5.92 Å². The highest BCUT2D eigenvalue weighted by Gasteiger charge is 2.50. The van der Waals surface area contributed by atoms with Gasteiger partial charge in [0.1, 0.15) is 0 Å². The van der Waals surface area contributed by atoms with Crippen molar-refractivity contribution >= 4 is 11.8 Å². The number of nitrogens with one attached hydrogen (secondary N) is 1. The van der Waals surface area contributed by atoms with Gasteiger partial charge in [0, 0.05) is 11.3 Å². The van der Waals surface area contributed by atoms with Crippen LogP contribution in [0.25, 0.3) is 0 Å². The quantitative estimate of drug-likeness (QED) is 0.678. The minimum atomic E-state index is 0.334. The monoisotopic (exact) mass is 227 g/mol. The zero-order valence-corrected chi connectivity index (χ0v) is 11.6. The molecule has 1 saturated heterocycles. The second-order valence-corrected chi connectivity index (χ2v) is 8.26. The van der Waals surface area contributed by atoms with Gasteiger partial charge in [-0.15, -0.1) is 11.8 Å². The summed E-state index contributed by atoms with van der Waals surface area (Å²) in [6, 6.07) is 0. The molecular formula is C13H25NS. The van der Waals surface area contributed by atoms with Crippen LogP contribution in [0.1, 0.15) is 53.9 Å². The average molecular weight is 227 g/mol. The Bertz CT molecular complexity index is 259. The summed E-state index contributed by atoms with van der Waals surface area (Å²) in [6.07, 6.45) is 4.08. The molecule has 1 spiro atoms. The summed E-state index contributed by atoms with van der Waals surface area (Å²) in [4.78, 5) is 0.388. The van der Waals surface area contributed by atoms with E-state index in [1.807, 2.05) is 0 Å². The number of hydrogen-bond donors (Lipinski definition) is 1. The number of thioether (sulfide) groups is 1. The van der Waals surface area contributed by atoms with Crippen LogP contribution < -0.4 is 5.32 Å². The lowest BCUT2D eigenvalue weighted by Crippen LogP contribution is -2.54. The summed E-state index contributed by atoms with van der Waals surface area (Å²) in [5.74, 6) is 2.06. The molecule has 1 N–H and O–H groups in total. The Morgan fingerprint density at radius 1 is 1.13 bits per heavy atom. The van der Waals surface area contributed by atoms with Gasteiger partial charge in [-0.2, -0.15) is 0 Å².